The smallest absolute Gasteiger partial charge is 0.233 e. The van der Waals surface area contributed by atoms with Crippen molar-refractivity contribution in [1.29, 1.82) is 0 Å². The SMILES string of the molecule is CC(C)(C)Nc1nc(Cl)nc(Nc2ccc(F)cc2)n1. The number of aromatic nitrogens is 3. The molecule has 7 heteroatoms. The van der Waals surface area contributed by atoms with E-state index in [2.05, 4.69) is 25.6 Å². The zero-order valence-electron chi connectivity index (χ0n) is 11.4. The molecule has 0 amide bonds. The number of nitrogens with zero attached hydrogens (tertiary/aromatic N) is 3. The predicted octanol–water partition coefficient (Wildman–Crippen LogP) is 3.62. The monoisotopic (exact) mass is 295 g/mol. The Morgan fingerprint density at radius 1 is 1.00 bits per heavy atom. The van der Waals surface area contributed by atoms with E-state index < -0.39 is 0 Å². The molecule has 0 bridgehead atoms. The zero-order valence-corrected chi connectivity index (χ0v) is 12.2. The summed E-state index contributed by atoms with van der Waals surface area (Å²) in [5, 5.41) is 6.14. The van der Waals surface area contributed by atoms with Crippen molar-refractivity contribution >= 4 is 29.2 Å². The van der Waals surface area contributed by atoms with Crippen LogP contribution in [-0.2, 0) is 0 Å². The molecule has 0 atom stereocenters. The van der Waals surface area contributed by atoms with Gasteiger partial charge in [-0.2, -0.15) is 15.0 Å². The summed E-state index contributed by atoms with van der Waals surface area (Å²) in [6, 6.07) is 5.87. The first-order valence-electron chi connectivity index (χ1n) is 6.04. The van der Waals surface area contributed by atoms with Crippen LogP contribution in [0, 0.1) is 5.82 Å². The van der Waals surface area contributed by atoms with Gasteiger partial charge in [-0.05, 0) is 56.6 Å². The van der Waals surface area contributed by atoms with Crippen molar-refractivity contribution in [2.24, 2.45) is 0 Å². The summed E-state index contributed by atoms with van der Waals surface area (Å²) in [6.07, 6.45) is 0. The largest absolute Gasteiger partial charge is 0.349 e. The lowest BCUT2D eigenvalue weighted by Gasteiger charge is -2.20. The molecule has 0 aliphatic heterocycles. The quantitative estimate of drug-likeness (QED) is 0.905. The Labute approximate surface area is 121 Å². The van der Waals surface area contributed by atoms with Crippen LogP contribution < -0.4 is 10.6 Å². The molecular weight excluding hydrogens is 281 g/mol. The van der Waals surface area contributed by atoms with E-state index in [0.29, 0.717) is 17.6 Å². The molecule has 2 N–H and O–H groups in total. The summed E-state index contributed by atoms with van der Waals surface area (Å²) < 4.78 is 12.8. The van der Waals surface area contributed by atoms with Crippen molar-refractivity contribution < 1.29 is 4.39 Å². The van der Waals surface area contributed by atoms with Crippen LogP contribution in [-0.4, -0.2) is 20.5 Å². The topological polar surface area (TPSA) is 62.7 Å². The van der Waals surface area contributed by atoms with Gasteiger partial charge in [-0.1, -0.05) is 0 Å². The maximum Gasteiger partial charge on any atom is 0.233 e. The second-order valence-corrected chi connectivity index (χ2v) is 5.60. The van der Waals surface area contributed by atoms with Crippen molar-refractivity contribution in [1.82, 2.24) is 15.0 Å². The molecule has 20 heavy (non-hydrogen) atoms. The van der Waals surface area contributed by atoms with Crippen LogP contribution in [0.1, 0.15) is 20.8 Å². The van der Waals surface area contributed by atoms with Gasteiger partial charge in [-0.15, -0.1) is 0 Å². The zero-order chi connectivity index (χ0) is 14.8. The number of hydrogen-bond donors (Lipinski definition) is 2. The van der Waals surface area contributed by atoms with Crippen molar-refractivity contribution in [2.45, 2.75) is 26.3 Å². The van der Waals surface area contributed by atoms with Crippen LogP contribution in [0.5, 0.6) is 0 Å². The molecule has 1 aromatic carbocycles. The van der Waals surface area contributed by atoms with Crippen molar-refractivity contribution in [2.75, 3.05) is 10.6 Å². The van der Waals surface area contributed by atoms with Gasteiger partial charge in [-0.3, -0.25) is 0 Å². The number of rotatable bonds is 3. The Kier molecular flexibility index (Phi) is 4.04. The second-order valence-electron chi connectivity index (χ2n) is 5.26. The van der Waals surface area contributed by atoms with Crippen molar-refractivity contribution in [3.63, 3.8) is 0 Å². The van der Waals surface area contributed by atoms with Crippen LogP contribution in [0.3, 0.4) is 0 Å². The van der Waals surface area contributed by atoms with Gasteiger partial charge in [0.15, 0.2) is 0 Å². The minimum atomic E-state index is -0.306. The minimum absolute atomic E-state index is 0.0800. The van der Waals surface area contributed by atoms with E-state index in [0.717, 1.165) is 0 Å². The van der Waals surface area contributed by atoms with E-state index in [9.17, 15) is 4.39 Å². The highest BCUT2D eigenvalue weighted by Gasteiger charge is 2.13. The lowest BCUT2D eigenvalue weighted by molar-refractivity contribution is 0.625. The summed E-state index contributed by atoms with van der Waals surface area (Å²) in [5.41, 5.74) is 0.466. The average molecular weight is 296 g/mol. The molecular formula is C13H15ClFN5. The fourth-order valence-corrected chi connectivity index (χ4v) is 1.62. The van der Waals surface area contributed by atoms with Gasteiger partial charge in [0.1, 0.15) is 5.82 Å². The molecule has 0 radical (unpaired) electrons. The molecule has 5 nitrogen and oxygen atoms in total. The summed E-state index contributed by atoms with van der Waals surface area (Å²) in [4.78, 5) is 12.2. The third kappa shape index (κ3) is 4.31. The first-order chi connectivity index (χ1) is 9.32. The number of hydrogen-bond acceptors (Lipinski definition) is 5. The lowest BCUT2D eigenvalue weighted by atomic mass is 10.1. The third-order valence-electron chi connectivity index (χ3n) is 2.20. The maximum absolute atomic E-state index is 12.8. The van der Waals surface area contributed by atoms with E-state index in [4.69, 9.17) is 11.6 Å². The summed E-state index contributed by atoms with van der Waals surface area (Å²) >= 11 is 5.87. The van der Waals surface area contributed by atoms with Crippen molar-refractivity contribution in [3.05, 3.63) is 35.4 Å². The molecule has 0 unspecified atom stereocenters. The van der Waals surface area contributed by atoms with Crippen LogP contribution >= 0.6 is 11.6 Å². The lowest BCUT2D eigenvalue weighted by Crippen LogP contribution is -2.27. The number of nitrogens with one attached hydrogen (secondary N) is 2. The van der Waals surface area contributed by atoms with Crippen LogP contribution in [0.2, 0.25) is 5.28 Å². The maximum atomic E-state index is 12.8. The van der Waals surface area contributed by atoms with Gasteiger partial charge < -0.3 is 10.6 Å². The fraction of sp³-hybridized carbons (Fsp3) is 0.308. The van der Waals surface area contributed by atoms with Crippen LogP contribution in [0.4, 0.5) is 22.0 Å². The summed E-state index contributed by atoms with van der Waals surface area (Å²) in [6.45, 7) is 5.95. The standard InChI is InChI=1S/C13H15ClFN5/c1-13(2,3)20-12-18-10(14)17-11(19-12)16-9-6-4-8(15)5-7-9/h4-7H,1-3H3,(H2,16,17,18,19,20). The minimum Gasteiger partial charge on any atom is -0.349 e. The van der Waals surface area contributed by atoms with E-state index >= 15 is 0 Å². The molecule has 106 valence electrons. The Morgan fingerprint density at radius 3 is 2.20 bits per heavy atom. The highest BCUT2D eigenvalue weighted by molar-refractivity contribution is 6.28. The molecule has 2 rings (SSSR count). The van der Waals surface area contributed by atoms with Gasteiger partial charge in [0.05, 0.1) is 0 Å². The predicted molar refractivity (Wildman–Crippen MR) is 77.9 cm³/mol. The number of anilines is 3. The Hall–Kier alpha value is -1.95. The molecule has 2 aromatic rings. The molecule has 0 saturated heterocycles. The molecule has 1 aromatic heterocycles. The Balaban J connectivity index is 2.21. The number of benzene rings is 1. The van der Waals surface area contributed by atoms with Gasteiger partial charge in [0.25, 0.3) is 0 Å². The Morgan fingerprint density at radius 2 is 1.60 bits per heavy atom. The number of halogens is 2. The molecule has 0 saturated carbocycles. The van der Waals surface area contributed by atoms with Gasteiger partial charge >= 0.3 is 0 Å². The average Bonchev–Trinajstić information content (AvgIpc) is 2.29. The summed E-state index contributed by atoms with van der Waals surface area (Å²) in [5.74, 6) is 0.366. The first kappa shape index (κ1) is 14.5. The second kappa shape index (κ2) is 5.58. The fourth-order valence-electron chi connectivity index (χ4n) is 1.46. The molecule has 0 fully saturated rings. The Bertz CT molecular complexity index is 595. The highest BCUT2D eigenvalue weighted by Crippen LogP contribution is 2.18. The van der Waals surface area contributed by atoms with E-state index in [-0.39, 0.29) is 16.6 Å². The molecule has 0 spiro atoms. The van der Waals surface area contributed by atoms with Gasteiger partial charge in [0, 0.05) is 11.2 Å². The molecule has 0 aliphatic rings. The van der Waals surface area contributed by atoms with Crippen LogP contribution in [0.25, 0.3) is 0 Å². The van der Waals surface area contributed by atoms with E-state index in [1.54, 1.807) is 12.1 Å². The molecule has 0 aliphatic carbocycles. The highest BCUT2D eigenvalue weighted by atomic mass is 35.5. The molecule has 1 heterocycles. The normalized spacial score (nSPS) is 11.2. The van der Waals surface area contributed by atoms with E-state index in [1.807, 2.05) is 20.8 Å². The third-order valence-corrected chi connectivity index (χ3v) is 2.36. The van der Waals surface area contributed by atoms with Gasteiger partial charge in [0.2, 0.25) is 17.2 Å². The van der Waals surface area contributed by atoms with Gasteiger partial charge in [-0.25, -0.2) is 4.39 Å². The van der Waals surface area contributed by atoms with E-state index in [1.165, 1.54) is 12.1 Å². The van der Waals surface area contributed by atoms with Crippen molar-refractivity contribution in [3.8, 4) is 0 Å². The van der Waals surface area contributed by atoms with Crippen LogP contribution in [0.15, 0.2) is 24.3 Å². The first-order valence-corrected chi connectivity index (χ1v) is 6.42. The summed E-state index contributed by atoms with van der Waals surface area (Å²) in [7, 11) is 0.